The van der Waals surface area contributed by atoms with Gasteiger partial charge in [-0.2, -0.15) is 5.10 Å². The van der Waals surface area contributed by atoms with Crippen LogP contribution >= 0.6 is 0 Å². The molecule has 0 atom stereocenters. The van der Waals surface area contributed by atoms with Crippen LogP contribution in [0.2, 0.25) is 0 Å². The number of hydrogen-bond donors (Lipinski definition) is 2. The predicted octanol–water partition coefficient (Wildman–Crippen LogP) is 1.48. The van der Waals surface area contributed by atoms with Crippen LogP contribution in [0.3, 0.4) is 0 Å². The number of hydrogen-bond acceptors (Lipinski definition) is 3. The maximum atomic E-state index is 12.0. The van der Waals surface area contributed by atoms with E-state index in [2.05, 4.69) is 15.5 Å². The van der Waals surface area contributed by atoms with Gasteiger partial charge in [-0.3, -0.25) is 9.89 Å². The highest BCUT2D eigenvalue weighted by Gasteiger charge is 2.05. The van der Waals surface area contributed by atoms with Crippen LogP contribution in [-0.2, 0) is 0 Å². The normalized spacial score (nSPS) is 9.93. The maximum absolute atomic E-state index is 12.0. The molecule has 0 aliphatic heterocycles. The van der Waals surface area contributed by atoms with E-state index in [-0.39, 0.29) is 5.43 Å². The third kappa shape index (κ3) is 1.74. The molecule has 2 rings (SSSR count). The van der Waals surface area contributed by atoms with E-state index >= 15 is 0 Å². The lowest BCUT2D eigenvalue weighted by molar-refractivity contribution is 1.09. The molecule has 0 spiro atoms. The molecule has 0 unspecified atom stereocenters. The largest absolute Gasteiger partial charge is 0.385 e. The van der Waals surface area contributed by atoms with E-state index in [1.54, 1.807) is 31.4 Å². The molecular formula is C11H11N3O. The van der Waals surface area contributed by atoms with Crippen LogP contribution in [0.5, 0.6) is 0 Å². The van der Waals surface area contributed by atoms with Crippen molar-refractivity contribution in [3.63, 3.8) is 0 Å². The topological polar surface area (TPSA) is 57.8 Å². The quantitative estimate of drug-likeness (QED) is 0.773. The summed E-state index contributed by atoms with van der Waals surface area (Å²) in [5.41, 5.74) is 1.88. The summed E-state index contributed by atoms with van der Waals surface area (Å²) in [5, 5.41) is 9.48. The monoisotopic (exact) mass is 201 g/mol. The smallest absolute Gasteiger partial charge is 0.210 e. The molecule has 0 amide bonds. The Morgan fingerprint density at radius 2 is 2.07 bits per heavy atom. The minimum atomic E-state index is -0.0354. The molecule has 4 heteroatoms. The molecular weight excluding hydrogens is 190 g/mol. The molecule has 0 bridgehead atoms. The van der Waals surface area contributed by atoms with Crippen molar-refractivity contribution in [3.8, 4) is 11.3 Å². The van der Waals surface area contributed by atoms with Crippen LogP contribution in [0.1, 0.15) is 0 Å². The van der Waals surface area contributed by atoms with Gasteiger partial charge in [0, 0.05) is 18.8 Å². The molecule has 1 heterocycles. The molecule has 1 aromatic carbocycles. The Bertz CT molecular complexity index is 505. The van der Waals surface area contributed by atoms with Crippen molar-refractivity contribution in [1.29, 1.82) is 0 Å². The number of H-pyrrole nitrogens is 1. The second kappa shape index (κ2) is 3.96. The zero-order valence-corrected chi connectivity index (χ0v) is 8.32. The lowest BCUT2D eigenvalue weighted by Crippen LogP contribution is -2.07. The summed E-state index contributed by atoms with van der Waals surface area (Å²) >= 11 is 0. The third-order valence-electron chi connectivity index (χ3n) is 2.19. The van der Waals surface area contributed by atoms with Crippen molar-refractivity contribution < 1.29 is 0 Å². The fraction of sp³-hybridized carbons (Fsp3) is 0.0909. The second-order valence-corrected chi connectivity index (χ2v) is 3.10. The van der Waals surface area contributed by atoms with Crippen LogP contribution in [0.4, 0.5) is 5.69 Å². The number of nitrogens with one attached hydrogen (secondary N) is 2. The average molecular weight is 201 g/mol. The van der Waals surface area contributed by atoms with E-state index in [0.29, 0.717) is 11.3 Å². The fourth-order valence-corrected chi connectivity index (χ4v) is 1.41. The van der Waals surface area contributed by atoms with E-state index in [4.69, 9.17) is 0 Å². The van der Waals surface area contributed by atoms with E-state index < -0.39 is 0 Å². The van der Waals surface area contributed by atoms with Crippen molar-refractivity contribution in [3.05, 3.63) is 46.8 Å². The summed E-state index contributed by atoms with van der Waals surface area (Å²) < 4.78 is 0. The molecule has 0 aliphatic carbocycles. The standard InChI is InChI=1S/C11H11N3O/c1-12-10-5-3-2-4-8(11(10)15)9-6-7-13-14-9/h2-7H,1H3,(H,12,15)(H,13,14). The molecule has 1 aromatic heterocycles. The number of aromatic amines is 1. The first-order valence-electron chi connectivity index (χ1n) is 4.64. The van der Waals surface area contributed by atoms with Gasteiger partial charge in [-0.25, -0.2) is 0 Å². The van der Waals surface area contributed by atoms with Gasteiger partial charge in [0.05, 0.1) is 11.4 Å². The molecule has 0 aliphatic rings. The van der Waals surface area contributed by atoms with Gasteiger partial charge in [0.2, 0.25) is 5.43 Å². The van der Waals surface area contributed by atoms with Gasteiger partial charge in [0.25, 0.3) is 0 Å². The Balaban J connectivity index is 2.69. The van der Waals surface area contributed by atoms with E-state index in [0.717, 1.165) is 5.69 Å². The van der Waals surface area contributed by atoms with Gasteiger partial charge in [-0.1, -0.05) is 12.1 Å². The maximum Gasteiger partial charge on any atom is 0.210 e. The lowest BCUT2D eigenvalue weighted by atomic mass is 10.2. The number of nitrogens with zero attached hydrogens (tertiary/aromatic N) is 1. The average Bonchev–Trinajstić information content (AvgIpc) is 2.70. The molecule has 0 radical (unpaired) electrons. The lowest BCUT2D eigenvalue weighted by Gasteiger charge is -1.95. The van der Waals surface area contributed by atoms with Crippen molar-refractivity contribution in [2.24, 2.45) is 0 Å². The van der Waals surface area contributed by atoms with Gasteiger partial charge in [-0.15, -0.1) is 0 Å². The Morgan fingerprint density at radius 3 is 2.73 bits per heavy atom. The molecule has 2 aromatic rings. The third-order valence-corrected chi connectivity index (χ3v) is 2.19. The van der Waals surface area contributed by atoms with Gasteiger partial charge >= 0.3 is 0 Å². The highest BCUT2D eigenvalue weighted by atomic mass is 16.1. The highest BCUT2D eigenvalue weighted by molar-refractivity contribution is 5.63. The number of rotatable bonds is 2. The van der Waals surface area contributed by atoms with E-state index in [1.165, 1.54) is 0 Å². The molecule has 0 saturated carbocycles. The highest BCUT2D eigenvalue weighted by Crippen LogP contribution is 2.12. The molecule has 4 nitrogen and oxygen atoms in total. The number of aromatic nitrogens is 2. The number of anilines is 1. The van der Waals surface area contributed by atoms with Crippen molar-refractivity contribution in [2.45, 2.75) is 0 Å². The predicted molar refractivity (Wildman–Crippen MR) is 59.8 cm³/mol. The fourth-order valence-electron chi connectivity index (χ4n) is 1.41. The molecule has 2 N–H and O–H groups in total. The van der Waals surface area contributed by atoms with Crippen LogP contribution in [0.25, 0.3) is 11.3 Å². The molecule has 0 fully saturated rings. The second-order valence-electron chi connectivity index (χ2n) is 3.10. The minimum Gasteiger partial charge on any atom is -0.385 e. The molecule has 15 heavy (non-hydrogen) atoms. The van der Waals surface area contributed by atoms with Crippen LogP contribution in [-0.4, -0.2) is 17.2 Å². The summed E-state index contributed by atoms with van der Waals surface area (Å²) in [6, 6.07) is 8.96. The Hall–Kier alpha value is -2.10. The summed E-state index contributed by atoms with van der Waals surface area (Å²) in [7, 11) is 1.73. The zero-order chi connectivity index (χ0) is 10.7. The summed E-state index contributed by atoms with van der Waals surface area (Å²) in [4.78, 5) is 12.0. The Morgan fingerprint density at radius 1 is 1.27 bits per heavy atom. The van der Waals surface area contributed by atoms with Crippen LogP contribution < -0.4 is 10.7 Å². The van der Waals surface area contributed by atoms with Crippen molar-refractivity contribution in [1.82, 2.24) is 10.2 Å². The van der Waals surface area contributed by atoms with E-state index in [1.807, 2.05) is 12.1 Å². The summed E-state index contributed by atoms with van der Waals surface area (Å²) in [5.74, 6) is 0. The minimum absolute atomic E-state index is 0.0354. The van der Waals surface area contributed by atoms with Gasteiger partial charge < -0.3 is 5.32 Å². The van der Waals surface area contributed by atoms with Gasteiger partial charge in [0.15, 0.2) is 0 Å². The first kappa shape index (κ1) is 9.45. The summed E-state index contributed by atoms with van der Waals surface area (Å²) in [6.45, 7) is 0. The Labute approximate surface area is 87.0 Å². The molecule has 0 saturated heterocycles. The SMILES string of the molecule is CNc1ccccc(-c2ccn[nH]2)c1=O. The Kier molecular flexibility index (Phi) is 2.49. The van der Waals surface area contributed by atoms with E-state index in [9.17, 15) is 4.79 Å². The van der Waals surface area contributed by atoms with Gasteiger partial charge in [-0.05, 0) is 18.2 Å². The summed E-state index contributed by atoms with van der Waals surface area (Å²) in [6.07, 6.45) is 1.63. The van der Waals surface area contributed by atoms with Gasteiger partial charge in [0.1, 0.15) is 0 Å². The molecule has 76 valence electrons. The first-order valence-corrected chi connectivity index (χ1v) is 4.64. The zero-order valence-electron chi connectivity index (χ0n) is 8.32. The van der Waals surface area contributed by atoms with Crippen LogP contribution in [0, 0.1) is 0 Å². The van der Waals surface area contributed by atoms with Crippen LogP contribution in [0.15, 0.2) is 41.3 Å². The van der Waals surface area contributed by atoms with Crippen molar-refractivity contribution >= 4 is 5.69 Å². The van der Waals surface area contributed by atoms with Crippen molar-refractivity contribution in [2.75, 3.05) is 12.4 Å². The first-order chi connectivity index (χ1) is 7.33.